The van der Waals surface area contributed by atoms with Crippen LogP contribution in [0.4, 0.5) is 0 Å². The SMILES string of the molecule is CCCCC/C=C\C/C=C\CCCCCCCCCCCCOCC(CO)OC(=O)CCCCCCCCCCC/C=C\C/C=C\CCCCCCC. The third-order valence-electron chi connectivity index (χ3n) is 10.1. The highest BCUT2D eigenvalue weighted by Gasteiger charge is 2.13. The average molecular weight is 743 g/mol. The van der Waals surface area contributed by atoms with Crippen LogP contribution in [0.3, 0.4) is 0 Å². The van der Waals surface area contributed by atoms with Crippen molar-refractivity contribution in [2.45, 2.75) is 238 Å². The lowest BCUT2D eigenvalue weighted by atomic mass is 10.1. The minimum Gasteiger partial charge on any atom is -0.457 e. The van der Waals surface area contributed by atoms with Crippen LogP contribution in [0.25, 0.3) is 0 Å². The Morgan fingerprint density at radius 3 is 1.21 bits per heavy atom. The Morgan fingerprint density at radius 2 is 0.792 bits per heavy atom. The first kappa shape index (κ1) is 51.4. The summed E-state index contributed by atoms with van der Waals surface area (Å²) in [6.45, 7) is 5.32. The molecule has 310 valence electrons. The molecule has 4 nitrogen and oxygen atoms in total. The fourth-order valence-electron chi connectivity index (χ4n) is 6.62. The van der Waals surface area contributed by atoms with Crippen molar-refractivity contribution in [2.24, 2.45) is 0 Å². The molecule has 0 aliphatic carbocycles. The normalized spacial score (nSPS) is 12.7. The number of unbranched alkanes of at least 4 members (excludes halogenated alkanes) is 27. The van der Waals surface area contributed by atoms with Crippen molar-refractivity contribution in [2.75, 3.05) is 19.8 Å². The van der Waals surface area contributed by atoms with Gasteiger partial charge >= 0.3 is 5.97 Å². The van der Waals surface area contributed by atoms with Gasteiger partial charge < -0.3 is 14.6 Å². The number of ether oxygens (including phenoxy) is 2. The predicted molar refractivity (Wildman–Crippen MR) is 233 cm³/mol. The number of carbonyl (C=O) groups is 1. The molecule has 1 atom stereocenters. The van der Waals surface area contributed by atoms with Crippen LogP contribution in [0.15, 0.2) is 48.6 Å². The van der Waals surface area contributed by atoms with Gasteiger partial charge in [0.05, 0.1) is 13.2 Å². The summed E-state index contributed by atoms with van der Waals surface area (Å²) in [5.74, 6) is -0.205. The molecule has 0 rings (SSSR count). The monoisotopic (exact) mass is 743 g/mol. The topological polar surface area (TPSA) is 55.8 Å². The minimum absolute atomic E-state index is 0.174. The third-order valence-corrected chi connectivity index (χ3v) is 10.1. The molecule has 0 aliphatic heterocycles. The number of aliphatic hydroxyl groups is 1. The molecule has 0 saturated heterocycles. The van der Waals surface area contributed by atoms with Gasteiger partial charge in [0.1, 0.15) is 6.10 Å². The van der Waals surface area contributed by atoms with Gasteiger partial charge in [-0.1, -0.05) is 197 Å². The second-order valence-corrected chi connectivity index (χ2v) is 15.5. The van der Waals surface area contributed by atoms with E-state index in [2.05, 4.69) is 62.5 Å². The number of rotatable bonds is 43. The van der Waals surface area contributed by atoms with Crippen LogP contribution in [0.1, 0.15) is 232 Å². The van der Waals surface area contributed by atoms with E-state index in [-0.39, 0.29) is 12.6 Å². The Morgan fingerprint density at radius 1 is 0.453 bits per heavy atom. The first-order valence-electron chi connectivity index (χ1n) is 23.2. The molecule has 0 heterocycles. The highest BCUT2D eigenvalue weighted by Crippen LogP contribution is 2.14. The molecule has 0 saturated carbocycles. The molecule has 0 aromatic heterocycles. The van der Waals surface area contributed by atoms with Gasteiger partial charge in [0, 0.05) is 13.0 Å². The zero-order chi connectivity index (χ0) is 38.4. The summed E-state index contributed by atoms with van der Waals surface area (Å²) in [5.41, 5.74) is 0. The molecule has 1 unspecified atom stereocenters. The molecule has 4 heteroatoms. The van der Waals surface area contributed by atoms with Crippen LogP contribution in [0.2, 0.25) is 0 Å². The summed E-state index contributed by atoms with van der Waals surface area (Å²) in [6, 6.07) is 0. The van der Waals surface area contributed by atoms with E-state index in [1.54, 1.807) is 0 Å². The summed E-state index contributed by atoms with van der Waals surface area (Å²) in [5, 5.41) is 9.62. The fourth-order valence-corrected chi connectivity index (χ4v) is 6.62. The molecule has 0 bridgehead atoms. The number of hydrogen-bond donors (Lipinski definition) is 1. The first-order chi connectivity index (χ1) is 26.2. The molecule has 0 amide bonds. The quantitative estimate of drug-likeness (QED) is 0.0384. The molecular weight excluding hydrogens is 653 g/mol. The molecule has 53 heavy (non-hydrogen) atoms. The van der Waals surface area contributed by atoms with Crippen LogP contribution < -0.4 is 0 Å². The molecule has 0 spiro atoms. The van der Waals surface area contributed by atoms with E-state index in [4.69, 9.17) is 9.47 Å². The summed E-state index contributed by atoms with van der Waals surface area (Å²) in [6.07, 6.45) is 60.3. The van der Waals surface area contributed by atoms with Crippen molar-refractivity contribution in [3.05, 3.63) is 48.6 Å². The molecule has 0 aromatic carbocycles. The Kier molecular flexibility index (Phi) is 45.1. The van der Waals surface area contributed by atoms with Crippen molar-refractivity contribution in [3.63, 3.8) is 0 Å². The number of hydrogen-bond acceptors (Lipinski definition) is 4. The highest BCUT2D eigenvalue weighted by atomic mass is 16.6. The maximum absolute atomic E-state index is 12.2. The van der Waals surface area contributed by atoms with Crippen molar-refractivity contribution < 1.29 is 19.4 Å². The van der Waals surface area contributed by atoms with E-state index in [0.29, 0.717) is 19.6 Å². The van der Waals surface area contributed by atoms with Gasteiger partial charge in [-0.2, -0.15) is 0 Å². The van der Waals surface area contributed by atoms with Crippen LogP contribution in [-0.2, 0) is 14.3 Å². The zero-order valence-electron chi connectivity index (χ0n) is 35.5. The Hall–Kier alpha value is -1.65. The molecule has 0 fully saturated rings. The summed E-state index contributed by atoms with van der Waals surface area (Å²) < 4.78 is 11.2. The summed E-state index contributed by atoms with van der Waals surface area (Å²) >= 11 is 0. The van der Waals surface area contributed by atoms with E-state index in [0.717, 1.165) is 32.1 Å². The van der Waals surface area contributed by atoms with Gasteiger partial charge in [0.25, 0.3) is 0 Å². The highest BCUT2D eigenvalue weighted by molar-refractivity contribution is 5.69. The number of esters is 1. The smallest absolute Gasteiger partial charge is 0.306 e. The lowest BCUT2D eigenvalue weighted by molar-refractivity contribution is -0.154. The van der Waals surface area contributed by atoms with Crippen LogP contribution in [0.5, 0.6) is 0 Å². The van der Waals surface area contributed by atoms with Gasteiger partial charge in [-0.15, -0.1) is 0 Å². The van der Waals surface area contributed by atoms with Crippen LogP contribution in [0, 0.1) is 0 Å². The van der Waals surface area contributed by atoms with Gasteiger partial charge in [-0.3, -0.25) is 4.79 Å². The van der Waals surface area contributed by atoms with E-state index in [1.165, 1.54) is 180 Å². The molecule has 1 N–H and O–H groups in total. The Balaban J connectivity index is 3.43. The number of allylic oxidation sites excluding steroid dienone is 8. The first-order valence-corrected chi connectivity index (χ1v) is 23.2. The average Bonchev–Trinajstić information content (AvgIpc) is 3.16. The maximum Gasteiger partial charge on any atom is 0.306 e. The second kappa shape index (κ2) is 46.5. The van der Waals surface area contributed by atoms with Crippen molar-refractivity contribution >= 4 is 5.97 Å². The van der Waals surface area contributed by atoms with Gasteiger partial charge in [0.15, 0.2) is 0 Å². The van der Waals surface area contributed by atoms with E-state index in [9.17, 15) is 9.90 Å². The van der Waals surface area contributed by atoms with Gasteiger partial charge in [-0.05, 0) is 77.0 Å². The Bertz CT molecular complexity index is 828. The minimum atomic E-state index is -0.539. The van der Waals surface area contributed by atoms with Crippen molar-refractivity contribution in [1.82, 2.24) is 0 Å². The molecule has 0 radical (unpaired) electrons. The van der Waals surface area contributed by atoms with E-state index in [1.807, 2.05) is 0 Å². The number of carbonyl (C=O) groups excluding carboxylic acids is 1. The third kappa shape index (κ3) is 44.6. The second-order valence-electron chi connectivity index (χ2n) is 15.5. The molecule has 0 aromatic rings. The van der Waals surface area contributed by atoms with Gasteiger partial charge in [-0.25, -0.2) is 0 Å². The standard InChI is InChI=1S/C49H90O4/c1-3-5-7-9-11-13-15-17-19-21-23-25-26-28-30-32-34-36-38-40-42-44-49(51)53-48(46-50)47-52-45-43-41-39-37-35-33-31-29-27-24-22-20-18-16-14-12-10-8-6-4-2/h12,14-15,17-18,20-21,23,48,50H,3-11,13,16,19,22,24-47H2,1-2H3/b14-12-,17-15-,20-18-,23-21-. The van der Waals surface area contributed by atoms with Crippen molar-refractivity contribution in [3.8, 4) is 0 Å². The fraction of sp³-hybridized carbons (Fsp3) is 0.816. The zero-order valence-corrected chi connectivity index (χ0v) is 35.5. The lowest BCUT2D eigenvalue weighted by Gasteiger charge is -2.16. The molecule has 0 aliphatic rings. The van der Waals surface area contributed by atoms with Crippen LogP contribution in [-0.4, -0.2) is 37.0 Å². The van der Waals surface area contributed by atoms with Gasteiger partial charge in [0.2, 0.25) is 0 Å². The summed E-state index contributed by atoms with van der Waals surface area (Å²) in [7, 11) is 0. The maximum atomic E-state index is 12.2. The molecular formula is C49H90O4. The Labute approximate surface area is 331 Å². The number of aliphatic hydroxyl groups excluding tert-OH is 1. The van der Waals surface area contributed by atoms with Crippen LogP contribution >= 0.6 is 0 Å². The lowest BCUT2D eigenvalue weighted by Crippen LogP contribution is -2.27. The largest absolute Gasteiger partial charge is 0.457 e. The van der Waals surface area contributed by atoms with E-state index >= 15 is 0 Å². The van der Waals surface area contributed by atoms with E-state index < -0.39 is 6.10 Å². The van der Waals surface area contributed by atoms with Crippen molar-refractivity contribution in [1.29, 1.82) is 0 Å². The summed E-state index contributed by atoms with van der Waals surface area (Å²) in [4.78, 5) is 12.2. The predicted octanol–water partition coefficient (Wildman–Crippen LogP) is 15.4.